The van der Waals surface area contributed by atoms with Gasteiger partial charge in [-0.25, -0.2) is 18.4 Å². The van der Waals surface area contributed by atoms with E-state index in [1.54, 1.807) is 23.5 Å². The number of benzene rings is 2. The Bertz CT molecular complexity index is 1160. The lowest BCUT2D eigenvalue weighted by molar-refractivity contribution is 0.552. The van der Waals surface area contributed by atoms with E-state index < -0.39 is 9.84 Å². The van der Waals surface area contributed by atoms with Crippen molar-refractivity contribution in [2.75, 3.05) is 19.8 Å². The third-order valence-corrected chi connectivity index (χ3v) is 7.00. The quantitative estimate of drug-likeness (QED) is 0.381. The van der Waals surface area contributed by atoms with Crippen LogP contribution in [0.3, 0.4) is 0 Å². The number of thiazole rings is 1. The molecule has 158 valence electrons. The van der Waals surface area contributed by atoms with Crippen molar-refractivity contribution in [2.24, 2.45) is 4.99 Å². The molecule has 5 nitrogen and oxygen atoms in total. The molecule has 3 aromatic rings. The van der Waals surface area contributed by atoms with Gasteiger partial charge in [0.2, 0.25) is 0 Å². The van der Waals surface area contributed by atoms with Crippen molar-refractivity contribution in [2.45, 2.75) is 32.1 Å². The molecule has 1 aromatic heterocycles. The van der Waals surface area contributed by atoms with E-state index in [4.69, 9.17) is 4.98 Å². The second kappa shape index (κ2) is 9.10. The lowest BCUT2D eigenvalue weighted by Crippen LogP contribution is -2.14. The van der Waals surface area contributed by atoms with Crippen molar-refractivity contribution in [3.63, 3.8) is 0 Å². The number of aliphatic imine (C=N–C) groups is 1. The van der Waals surface area contributed by atoms with Crippen LogP contribution in [0.1, 0.15) is 28.6 Å². The van der Waals surface area contributed by atoms with Crippen molar-refractivity contribution in [3.05, 3.63) is 63.5 Å². The fourth-order valence-electron chi connectivity index (χ4n) is 2.99. The van der Waals surface area contributed by atoms with E-state index in [0.29, 0.717) is 4.90 Å². The van der Waals surface area contributed by atoms with Crippen LogP contribution in [0.2, 0.25) is 0 Å². The Morgan fingerprint density at radius 2 is 1.83 bits per heavy atom. The third-order valence-electron chi connectivity index (χ3n) is 5.02. The summed E-state index contributed by atoms with van der Waals surface area (Å²) in [5, 5.41) is 3.05. The molecule has 0 aliphatic heterocycles. The maximum Gasteiger partial charge on any atom is 0.175 e. The van der Waals surface area contributed by atoms with Gasteiger partial charge in [0.25, 0.3) is 0 Å². The van der Waals surface area contributed by atoms with Gasteiger partial charge in [-0.05, 0) is 55.7 Å². The first-order valence-electron chi connectivity index (χ1n) is 9.77. The summed E-state index contributed by atoms with van der Waals surface area (Å²) in [6, 6.07) is 11.2. The molecule has 0 aliphatic carbocycles. The van der Waals surface area contributed by atoms with Crippen LogP contribution >= 0.6 is 11.3 Å². The SMILES string of the molecule is CCN(C)C=Nc1cc(C)c(Cc2nc(-c3ccc(S(C)(=O)=O)cc3)cs2)cc1C. The number of aryl methyl sites for hydroxylation is 2. The van der Waals surface area contributed by atoms with Gasteiger partial charge in [0.15, 0.2) is 9.84 Å². The van der Waals surface area contributed by atoms with E-state index in [1.165, 1.54) is 17.4 Å². The topological polar surface area (TPSA) is 62.6 Å². The highest BCUT2D eigenvalue weighted by atomic mass is 32.2. The normalized spacial score (nSPS) is 11.9. The number of aromatic nitrogens is 1. The van der Waals surface area contributed by atoms with Crippen LogP contribution in [-0.4, -0.2) is 44.5 Å². The van der Waals surface area contributed by atoms with Crippen LogP contribution in [0.5, 0.6) is 0 Å². The van der Waals surface area contributed by atoms with E-state index in [-0.39, 0.29) is 0 Å². The molecular weight excluding hydrogens is 414 g/mol. The van der Waals surface area contributed by atoms with E-state index in [0.717, 1.165) is 40.5 Å². The van der Waals surface area contributed by atoms with Gasteiger partial charge in [0.1, 0.15) is 0 Å². The predicted molar refractivity (Wildman–Crippen MR) is 126 cm³/mol. The van der Waals surface area contributed by atoms with E-state index in [2.05, 4.69) is 37.9 Å². The summed E-state index contributed by atoms with van der Waals surface area (Å²) in [6.07, 6.45) is 3.84. The molecule has 3 rings (SSSR count). The lowest BCUT2D eigenvalue weighted by atomic mass is 10.0. The minimum absolute atomic E-state index is 0.320. The zero-order valence-electron chi connectivity index (χ0n) is 18.0. The molecule has 0 aliphatic rings. The monoisotopic (exact) mass is 441 g/mol. The minimum atomic E-state index is -3.19. The van der Waals surface area contributed by atoms with Crippen molar-refractivity contribution in [1.29, 1.82) is 0 Å². The second-order valence-electron chi connectivity index (χ2n) is 7.48. The van der Waals surface area contributed by atoms with Crippen LogP contribution in [0.25, 0.3) is 11.3 Å². The number of rotatable bonds is 7. The number of sulfone groups is 1. The highest BCUT2D eigenvalue weighted by molar-refractivity contribution is 7.90. The maximum absolute atomic E-state index is 11.6. The van der Waals surface area contributed by atoms with Gasteiger partial charge in [-0.2, -0.15) is 0 Å². The van der Waals surface area contributed by atoms with Crippen molar-refractivity contribution in [3.8, 4) is 11.3 Å². The molecular formula is C23H27N3O2S2. The minimum Gasteiger partial charge on any atom is -0.366 e. The fourth-order valence-corrected chi connectivity index (χ4v) is 4.45. The Morgan fingerprint density at radius 3 is 2.47 bits per heavy atom. The molecule has 0 N–H and O–H groups in total. The fraction of sp³-hybridized carbons (Fsp3) is 0.304. The zero-order chi connectivity index (χ0) is 21.9. The molecule has 0 spiro atoms. The number of hydrogen-bond donors (Lipinski definition) is 0. The molecule has 7 heteroatoms. The maximum atomic E-state index is 11.6. The van der Waals surface area contributed by atoms with Gasteiger partial charge >= 0.3 is 0 Å². The molecule has 30 heavy (non-hydrogen) atoms. The molecule has 0 atom stereocenters. The Morgan fingerprint density at radius 1 is 1.13 bits per heavy atom. The van der Waals surface area contributed by atoms with Gasteiger partial charge in [0, 0.05) is 37.2 Å². The second-order valence-corrected chi connectivity index (χ2v) is 10.4. The first kappa shape index (κ1) is 22.2. The molecule has 0 unspecified atom stereocenters. The average molecular weight is 442 g/mol. The zero-order valence-corrected chi connectivity index (χ0v) is 19.6. The van der Waals surface area contributed by atoms with Crippen molar-refractivity contribution >= 4 is 33.2 Å². The molecule has 0 saturated heterocycles. The Balaban J connectivity index is 1.79. The summed E-state index contributed by atoms with van der Waals surface area (Å²) in [6.45, 7) is 7.20. The predicted octanol–water partition coefficient (Wildman–Crippen LogP) is 5.03. The molecule has 0 radical (unpaired) electrons. The van der Waals surface area contributed by atoms with Crippen LogP contribution in [0.4, 0.5) is 5.69 Å². The Hall–Kier alpha value is -2.51. The Labute approximate surface area is 183 Å². The molecule has 0 bridgehead atoms. The lowest BCUT2D eigenvalue weighted by Gasteiger charge is -2.11. The number of nitrogens with zero attached hydrogens (tertiary/aromatic N) is 3. The van der Waals surface area contributed by atoms with Gasteiger partial charge in [-0.1, -0.05) is 18.2 Å². The first-order valence-corrected chi connectivity index (χ1v) is 12.5. The van der Waals surface area contributed by atoms with E-state index >= 15 is 0 Å². The highest BCUT2D eigenvalue weighted by Crippen LogP contribution is 2.28. The largest absolute Gasteiger partial charge is 0.366 e. The summed E-state index contributed by atoms with van der Waals surface area (Å²) in [4.78, 5) is 11.7. The van der Waals surface area contributed by atoms with Gasteiger partial charge in [0.05, 0.1) is 27.6 Å². The summed E-state index contributed by atoms with van der Waals surface area (Å²) >= 11 is 1.62. The summed E-state index contributed by atoms with van der Waals surface area (Å²) < 4.78 is 23.3. The molecule has 0 fully saturated rings. The smallest absolute Gasteiger partial charge is 0.175 e. The van der Waals surface area contributed by atoms with Gasteiger partial charge in [-0.15, -0.1) is 11.3 Å². The van der Waals surface area contributed by atoms with Crippen LogP contribution < -0.4 is 0 Å². The van der Waals surface area contributed by atoms with Gasteiger partial charge in [-0.3, -0.25) is 0 Å². The van der Waals surface area contributed by atoms with E-state index in [9.17, 15) is 8.42 Å². The van der Waals surface area contributed by atoms with Gasteiger partial charge < -0.3 is 4.90 Å². The van der Waals surface area contributed by atoms with Crippen LogP contribution in [0, 0.1) is 13.8 Å². The van der Waals surface area contributed by atoms with Crippen LogP contribution in [-0.2, 0) is 16.3 Å². The summed E-state index contributed by atoms with van der Waals surface area (Å²) in [5.74, 6) is 0. The first-order chi connectivity index (χ1) is 14.2. The average Bonchev–Trinajstić information content (AvgIpc) is 3.17. The highest BCUT2D eigenvalue weighted by Gasteiger charge is 2.11. The third kappa shape index (κ3) is 5.34. The molecule has 2 aromatic carbocycles. The number of hydrogen-bond acceptors (Lipinski definition) is 5. The van der Waals surface area contributed by atoms with E-state index in [1.807, 2.05) is 35.8 Å². The summed E-state index contributed by atoms with van der Waals surface area (Å²) in [7, 11) is -1.18. The summed E-state index contributed by atoms with van der Waals surface area (Å²) in [5.41, 5.74) is 6.35. The Kier molecular flexibility index (Phi) is 6.73. The van der Waals surface area contributed by atoms with Crippen molar-refractivity contribution in [1.82, 2.24) is 9.88 Å². The molecule has 1 heterocycles. The molecule has 0 saturated carbocycles. The standard InChI is InChI=1S/C23H27N3O2S2/c1-6-26(4)15-24-21-12-16(2)19(11-17(21)3)13-23-25-22(14-29-23)18-7-9-20(10-8-18)30(5,27)28/h7-12,14-15H,6,13H2,1-5H3. The van der Waals surface area contributed by atoms with Crippen LogP contribution in [0.15, 0.2) is 51.7 Å². The van der Waals surface area contributed by atoms with Crippen molar-refractivity contribution < 1.29 is 8.42 Å². The molecule has 0 amide bonds.